The molecule has 1 aromatic rings. The lowest BCUT2D eigenvalue weighted by Crippen LogP contribution is -2.29. The van der Waals surface area contributed by atoms with E-state index in [0.717, 1.165) is 18.9 Å². The van der Waals surface area contributed by atoms with Crippen LogP contribution in [0.1, 0.15) is 31.4 Å². The van der Waals surface area contributed by atoms with Gasteiger partial charge >= 0.3 is 0 Å². The number of halogens is 2. The number of benzene rings is 1. The fourth-order valence-electron chi connectivity index (χ4n) is 2.05. The molecule has 0 saturated carbocycles. The Kier molecular flexibility index (Phi) is 3.34. The summed E-state index contributed by atoms with van der Waals surface area (Å²) in [6.07, 6.45) is 6.19. The second kappa shape index (κ2) is 4.74. The van der Waals surface area contributed by atoms with E-state index in [4.69, 9.17) is 0 Å². The summed E-state index contributed by atoms with van der Waals surface area (Å²) in [5, 5.41) is 3.33. The summed E-state index contributed by atoms with van der Waals surface area (Å²) in [7, 11) is 0. The molecule has 1 aliphatic rings. The van der Waals surface area contributed by atoms with Crippen molar-refractivity contribution in [3.05, 3.63) is 47.5 Å². The van der Waals surface area contributed by atoms with Crippen LogP contribution in [-0.2, 0) is 0 Å². The first kappa shape index (κ1) is 11.3. The van der Waals surface area contributed by atoms with E-state index < -0.39 is 11.6 Å². The molecular weight excluding hydrogens is 208 g/mol. The van der Waals surface area contributed by atoms with Crippen molar-refractivity contribution in [2.75, 3.05) is 0 Å². The lowest BCUT2D eigenvalue weighted by atomic mass is 10.1. The molecule has 0 bridgehead atoms. The number of nitrogens with one attached hydrogen (secondary N) is 1. The SMILES string of the molecule is CC(NC1CC=CC1)c1ccc(F)cc1F. The van der Waals surface area contributed by atoms with Gasteiger partial charge in [-0.25, -0.2) is 8.78 Å². The molecule has 1 aromatic carbocycles. The Morgan fingerprint density at radius 1 is 1.25 bits per heavy atom. The molecule has 2 rings (SSSR count). The maximum atomic E-state index is 13.5. The van der Waals surface area contributed by atoms with Crippen molar-refractivity contribution in [2.45, 2.75) is 31.8 Å². The van der Waals surface area contributed by atoms with Crippen molar-refractivity contribution in [1.82, 2.24) is 5.32 Å². The minimum atomic E-state index is -0.531. The summed E-state index contributed by atoms with van der Waals surface area (Å²) < 4.78 is 26.2. The standard InChI is InChI=1S/C13H15F2N/c1-9(16-11-4-2-3-5-11)12-7-6-10(14)8-13(12)15/h2-3,6-9,11,16H,4-5H2,1H3. The lowest BCUT2D eigenvalue weighted by Gasteiger charge is -2.20. The molecule has 1 unspecified atom stereocenters. The van der Waals surface area contributed by atoms with Crippen LogP contribution in [-0.4, -0.2) is 6.04 Å². The minimum Gasteiger partial charge on any atom is -0.307 e. The van der Waals surface area contributed by atoms with Crippen molar-refractivity contribution in [3.63, 3.8) is 0 Å². The maximum absolute atomic E-state index is 13.5. The predicted molar refractivity (Wildman–Crippen MR) is 60.1 cm³/mol. The zero-order valence-electron chi connectivity index (χ0n) is 9.21. The van der Waals surface area contributed by atoms with E-state index in [2.05, 4.69) is 17.5 Å². The van der Waals surface area contributed by atoms with Gasteiger partial charge in [-0.1, -0.05) is 18.2 Å². The van der Waals surface area contributed by atoms with Crippen LogP contribution in [0.4, 0.5) is 8.78 Å². The molecule has 3 heteroatoms. The van der Waals surface area contributed by atoms with E-state index in [-0.39, 0.29) is 6.04 Å². The highest BCUT2D eigenvalue weighted by atomic mass is 19.1. The van der Waals surface area contributed by atoms with E-state index in [1.54, 1.807) is 0 Å². The minimum absolute atomic E-state index is 0.0921. The molecule has 0 amide bonds. The fourth-order valence-corrected chi connectivity index (χ4v) is 2.05. The number of rotatable bonds is 3. The zero-order chi connectivity index (χ0) is 11.5. The zero-order valence-corrected chi connectivity index (χ0v) is 9.21. The van der Waals surface area contributed by atoms with Gasteiger partial charge < -0.3 is 5.32 Å². The first-order valence-corrected chi connectivity index (χ1v) is 5.53. The van der Waals surface area contributed by atoms with Gasteiger partial charge in [-0.05, 0) is 25.8 Å². The summed E-state index contributed by atoms with van der Waals surface area (Å²) >= 11 is 0. The van der Waals surface area contributed by atoms with Crippen molar-refractivity contribution in [3.8, 4) is 0 Å². The first-order chi connectivity index (χ1) is 7.66. The van der Waals surface area contributed by atoms with Crippen molar-refractivity contribution in [1.29, 1.82) is 0 Å². The van der Waals surface area contributed by atoms with Gasteiger partial charge in [-0.15, -0.1) is 0 Å². The van der Waals surface area contributed by atoms with Gasteiger partial charge in [0.2, 0.25) is 0 Å². The van der Waals surface area contributed by atoms with E-state index in [9.17, 15) is 8.78 Å². The second-order valence-electron chi connectivity index (χ2n) is 4.19. The van der Waals surface area contributed by atoms with E-state index in [1.807, 2.05) is 6.92 Å². The Labute approximate surface area is 94.2 Å². The Balaban J connectivity index is 2.05. The van der Waals surface area contributed by atoms with Crippen LogP contribution >= 0.6 is 0 Å². The number of hydrogen-bond acceptors (Lipinski definition) is 1. The summed E-state index contributed by atoms with van der Waals surface area (Å²) in [5.41, 5.74) is 0.522. The maximum Gasteiger partial charge on any atom is 0.130 e. The first-order valence-electron chi connectivity index (χ1n) is 5.53. The lowest BCUT2D eigenvalue weighted by molar-refractivity contribution is 0.453. The Morgan fingerprint density at radius 2 is 1.94 bits per heavy atom. The fraction of sp³-hybridized carbons (Fsp3) is 0.385. The molecule has 0 heterocycles. The van der Waals surface area contributed by atoms with Crippen LogP contribution < -0.4 is 5.32 Å². The van der Waals surface area contributed by atoms with Crippen LogP contribution in [0.3, 0.4) is 0 Å². The van der Waals surface area contributed by atoms with Crippen LogP contribution in [0.5, 0.6) is 0 Å². The van der Waals surface area contributed by atoms with Gasteiger partial charge in [-0.2, -0.15) is 0 Å². The van der Waals surface area contributed by atoms with E-state index >= 15 is 0 Å². The molecule has 0 saturated heterocycles. The average Bonchev–Trinajstić information content (AvgIpc) is 2.70. The summed E-state index contributed by atoms with van der Waals surface area (Å²) in [5.74, 6) is -1.01. The Morgan fingerprint density at radius 3 is 2.56 bits per heavy atom. The predicted octanol–water partition coefficient (Wildman–Crippen LogP) is 3.33. The molecule has 86 valence electrons. The third-order valence-corrected chi connectivity index (χ3v) is 2.92. The Hall–Kier alpha value is -1.22. The van der Waals surface area contributed by atoms with Gasteiger partial charge in [0, 0.05) is 23.7 Å². The third-order valence-electron chi connectivity index (χ3n) is 2.92. The van der Waals surface area contributed by atoms with Gasteiger partial charge in [0.05, 0.1) is 0 Å². The van der Waals surface area contributed by atoms with E-state index in [0.29, 0.717) is 11.6 Å². The van der Waals surface area contributed by atoms with Crippen molar-refractivity contribution in [2.24, 2.45) is 0 Å². The average molecular weight is 223 g/mol. The van der Waals surface area contributed by atoms with Crippen molar-refractivity contribution >= 4 is 0 Å². The van der Waals surface area contributed by atoms with Gasteiger partial charge in [0.15, 0.2) is 0 Å². The molecule has 1 aliphatic carbocycles. The third kappa shape index (κ3) is 2.47. The van der Waals surface area contributed by atoms with Gasteiger partial charge in [-0.3, -0.25) is 0 Å². The molecule has 0 aliphatic heterocycles. The molecular formula is C13H15F2N. The quantitative estimate of drug-likeness (QED) is 0.775. The smallest absolute Gasteiger partial charge is 0.130 e. The largest absolute Gasteiger partial charge is 0.307 e. The summed E-state index contributed by atoms with van der Waals surface area (Å²) in [4.78, 5) is 0. The van der Waals surface area contributed by atoms with Crippen LogP contribution in [0.25, 0.3) is 0 Å². The molecule has 0 fully saturated rings. The van der Waals surface area contributed by atoms with Crippen molar-refractivity contribution < 1.29 is 8.78 Å². The Bertz CT molecular complexity index is 393. The van der Waals surface area contributed by atoms with Crippen LogP contribution in [0.2, 0.25) is 0 Å². The molecule has 16 heavy (non-hydrogen) atoms. The second-order valence-corrected chi connectivity index (χ2v) is 4.19. The molecule has 0 spiro atoms. The molecule has 1 atom stereocenters. The highest BCUT2D eigenvalue weighted by Crippen LogP contribution is 2.20. The summed E-state index contributed by atoms with van der Waals surface area (Å²) in [6.45, 7) is 1.90. The van der Waals surface area contributed by atoms with Gasteiger partial charge in [0.25, 0.3) is 0 Å². The highest BCUT2D eigenvalue weighted by Gasteiger charge is 2.16. The van der Waals surface area contributed by atoms with Crippen LogP contribution in [0.15, 0.2) is 30.4 Å². The molecule has 1 nitrogen and oxygen atoms in total. The highest BCUT2D eigenvalue weighted by molar-refractivity contribution is 5.22. The van der Waals surface area contributed by atoms with E-state index in [1.165, 1.54) is 12.1 Å². The van der Waals surface area contributed by atoms with Gasteiger partial charge in [0.1, 0.15) is 11.6 Å². The molecule has 0 aromatic heterocycles. The topological polar surface area (TPSA) is 12.0 Å². The summed E-state index contributed by atoms with van der Waals surface area (Å²) in [6, 6.07) is 4.01. The molecule has 0 radical (unpaired) electrons. The molecule has 1 N–H and O–H groups in total. The van der Waals surface area contributed by atoms with Crippen LogP contribution in [0, 0.1) is 11.6 Å². The number of hydrogen-bond donors (Lipinski definition) is 1. The monoisotopic (exact) mass is 223 g/mol. The normalized spacial score (nSPS) is 17.9.